The predicted octanol–water partition coefficient (Wildman–Crippen LogP) is 5.00. The summed E-state index contributed by atoms with van der Waals surface area (Å²) in [6.45, 7) is 0.605. The fourth-order valence-electron chi connectivity index (χ4n) is 7.22. The number of carbonyl (C=O) groups is 4. The number of carboxylic acid groups (broad SMARTS) is 1. The molecule has 0 radical (unpaired) electrons. The molecule has 1 aromatic heterocycles. The van der Waals surface area contributed by atoms with E-state index in [0.717, 1.165) is 47.1 Å². The first-order valence-corrected chi connectivity index (χ1v) is 19.1. The number of amides is 3. The number of carboxylic acids is 1. The van der Waals surface area contributed by atoms with Crippen molar-refractivity contribution in [1.29, 1.82) is 0 Å². The molecule has 14 heteroatoms. The highest BCUT2D eigenvalue weighted by Gasteiger charge is 2.57. The van der Waals surface area contributed by atoms with Crippen LogP contribution in [0.15, 0.2) is 124 Å². The van der Waals surface area contributed by atoms with Crippen molar-refractivity contribution in [2.45, 2.75) is 42.3 Å². The van der Waals surface area contributed by atoms with Crippen LogP contribution >= 0.6 is 23.1 Å². The standard InChI is InChI=1S/C39H34N6O6S2/c40-38-42-30(23-53-38)44(33-35(48)45-32(37(49)50)25(22-52-36(33)45)20-24-18-19-43(34(24)47)29-16-17-29)31(46)21-41-51-39(26-10-4-1-5-11-26,27-12-6-2-7-13-27)28-14-8-3-9-15-28/h1-15,20-21,23,29,33,36H,16-19,22H2,(H2,40,42)(H,49,50)/b24-20+,41-21-/t33-,36-/m1/s1. The van der Waals surface area contributed by atoms with Crippen molar-refractivity contribution in [1.82, 2.24) is 14.8 Å². The third-order valence-corrected chi connectivity index (χ3v) is 11.8. The van der Waals surface area contributed by atoms with Crippen molar-refractivity contribution in [3.63, 3.8) is 0 Å². The van der Waals surface area contributed by atoms with E-state index in [4.69, 9.17) is 10.6 Å². The van der Waals surface area contributed by atoms with Gasteiger partial charge in [-0.3, -0.25) is 24.2 Å². The zero-order chi connectivity index (χ0) is 36.7. The van der Waals surface area contributed by atoms with Crippen molar-refractivity contribution < 1.29 is 29.1 Å². The van der Waals surface area contributed by atoms with Gasteiger partial charge in [0.05, 0.1) is 0 Å². The highest BCUT2D eigenvalue weighted by molar-refractivity contribution is 8.00. The number of oxime groups is 1. The molecule has 3 N–H and O–H groups in total. The van der Waals surface area contributed by atoms with Gasteiger partial charge < -0.3 is 20.6 Å². The smallest absolute Gasteiger partial charge is 0.352 e. The Morgan fingerprint density at radius 1 is 0.962 bits per heavy atom. The van der Waals surface area contributed by atoms with Gasteiger partial charge in [0.2, 0.25) is 11.5 Å². The van der Waals surface area contributed by atoms with Crippen LogP contribution in [0.2, 0.25) is 0 Å². The molecule has 4 aromatic rings. The normalized spacial score (nSPS) is 20.9. The number of thiazole rings is 1. The number of benzene rings is 3. The Morgan fingerprint density at radius 3 is 2.09 bits per heavy atom. The van der Waals surface area contributed by atoms with Crippen LogP contribution in [0, 0.1) is 0 Å². The van der Waals surface area contributed by atoms with Gasteiger partial charge in [-0.05, 0) is 30.9 Å². The third kappa shape index (κ3) is 6.17. The van der Waals surface area contributed by atoms with Crippen LogP contribution in [0.1, 0.15) is 36.0 Å². The Morgan fingerprint density at radius 2 is 1.57 bits per heavy atom. The van der Waals surface area contributed by atoms with Crippen LogP contribution < -0.4 is 10.6 Å². The Labute approximate surface area is 313 Å². The lowest BCUT2D eigenvalue weighted by Crippen LogP contribution is -2.71. The van der Waals surface area contributed by atoms with Crippen LogP contribution in [0.25, 0.3) is 0 Å². The Balaban J connectivity index is 1.11. The minimum absolute atomic E-state index is 0.0834. The van der Waals surface area contributed by atoms with Gasteiger partial charge in [-0.1, -0.05) is 96.2 Å². The zero-order valence-corrected chi connectivity index (χ0v) is 29.9. The topological polar surface area (TPSA) is 159 Å². The number of nitrogen functional groups attached to an aromatic ring is 1. The summed E-state index contributed by atoms with van der Waals surface area (Å²) < 4.78 is 0. The van der Waals surface area contributed by atoms with Crippen LogP contribution in [0.5, 0.6) is 0 Å². The number of β-lactam (4-membered cyclic amide) rings is 1. The summed E-state index contributed by atoms with van der Waals surface area (Å²) in [6, 6.07) is 27.8. The summed E-state index contributed by atoms with van der Waals surface area (Å²) in [4.78, 5) is 68.9. The SMILES string of the molecule is Nc1nc(N(C(=O)/C=N\OC(c2ccccc2)(c2ccccc2)c2ccccc2)[C@@H]2C(=O)N3C(C(=O)O)=C(/C=C4\CCN(C5CC5)C4=O)CS[C@H]23)cs1. The second kappa shape index (κ2) is 14.0. The Hall–Kier alpha value is -5.73. The third-order valence-electron chi connectivity index (χ3n) is 9.83. The van der Waals surface area contributed by atoms with E-state index in [-0.39, 0.29) is 34.3 Å². The first-order chi connectivity index (χ1) is 25.8. The fraction of sp³-hybridized carbons (Fsp3) is 0.231. The minimum Gasteiger partial charge on any atom is -0.477 e. The number of likely N-dealkylation sites (tertiary alicyclic amines) is 1. The molecule has 2 atom stereocenters. The van der Waals surface area contributed by atoms with Gasteiger partial charge in [-0.25, -0.2) is 9.78 Å². The number of nitrogens with two attached hydrogens (primary N) is 1. The van der Waals surface area contributed by atoms with Gasteiger partial charge in [-0.2, -0.15) is 0 Å². The zero-order valence-electron chi connectivity index (χ0n) is 28.3. The molecule has 8 rings (SSSR count). The van der Waals surface area contributed by atoms with Crippen molar-refractivity contribution >= 4 is 64.0 Å². The van der Waals surface area contributed by atoms with E-state index in [1.807, 2.05) is 95.9 Å². The van der Waals surface area contributed by atoms with E-state index in [1.54, 1.807) is 11.5 Å². The number of aromatic nitrogens is 1. The van der Waals surface area contributed by atoms with Crippen LogP contribution in [-0.2, 0) is 29.6 Å². The highest BCUT2D eigenvalue weighted by atomic mass is 32.2. The molecule has 1 saturated carbocycles. The van der Waals surface area contributed by atoms with Gasteiger partial charge in [-0.15, -0.1) is 23.1 Å². The number of hydrogen-bond acceptors (Lipinski definition) is 10. The maximum atomic E-state index is 14.2. The lowest BCUT2D eigenvalue weighted by Gasteiger charge is -2.52. The molecule has 3 amide bonds. The van der Waals surface area contributed by atoms with Crippen molar-refractivity contribution in [2.24, 2.45) is 5.16 Å². The Kier molecular flexibility index (Phi) is 9.08. The van der Waals surface area contributed by atoms with Gasteiger partial charge in [0, 0.05) is 46.0 Å². The first-order valence-electron chi connectivity index (χ1n) is 17.1. The molecular formula is C39H34N6O6S2. The average Bonchev–Trinajstić information content (AvgIpc) is 3.83. The van der Waals surface area contributed by atoms with Gasteiger partial charge >= 0.3 is 5.97 Å². The van der Waals surface area contributed by atoms with Crippen LogP contribution in [0.3, 0.4) is 0 Å². The number of anilines is 2. The number of thioether (sulfide) groups is 1. The monoisotopic (exact) mass is 746 g/mol. The maximum Gasteiger partial charge on any atom is 0.352 e. The molecule has 3 fully saturated rings. The van der Waals surface area contributed by atoms with Gasteiger partial charge in [0.25, 0.3) is 11.8 Å². The molecule has 2 saturated heterocycles. The molecule has 4 heterocycles. The van der Waals surface area contributed by atoms with E-state index in [9.17, 15) is 24.3 Å². The summed E-state index contributed by atoms with van der Waals surface area (Å²) in [5, 5.41) is 15.6. The molecule has 268 valence electrons. The van der Waals surface area contributed by atoms with Crippen LogP contribution in [0.4, 0.5) is 10.9 Å². The molecule has 3 aliphatic heterocycles. The number of carbonyl (C=O) groups excluding carboxylic acids is 3. The summed E-state index contributed by atoms with van der Waals surface area (Å²) in [6.07, 6.45) is 5.11. The van der Waals surface area contributed by atoms with Gasteiger partial charge in [0.15, 0.2) is 5.13 Å². The van der Waals surface area contributed by atoms with E-state index >= 15 is 0 Å². The van der Waals surface area contributed by atoms with Crippen LogP contribution in [-0.4, -0.2) is 79.6 Å². The molecule has 0 bridgehead atoms. The van der Waals surface area contributed by atoms with E-state index in [0.29, 0.717) is 24.1 Å². The van der Waals surface area contributed by atoms with Crippen molar-refractivity contribution in [2.75, 3.05) is 22.9 Å². The number of fused-ring (bicyclic) bond motifs is 1. The number of rotatable bonds is 11. The number of hydrogen-bond donors (Lipinski definition) is 2. The molecule has 0 unspecified atom stereocenters. The molecule has 53 heavy (non-hydrogen) atoms. The number of aliphatic carboxylic acids is 1. The summed E-state index contributed by atoms with van der Waals surface area (Å²) in [7, 11) is 0. The molecule has 0 spiro atoms. The summed E-state index contributed by atoms with van der Waals surface area (Å²) in [5.74, 6) is -2.33. The number of nitrogens with zero attached hydrogens (tertiary/aromatic N) is 5. The molecule has 4 aliphatic rings. The molecular weight excluding hydrogens is 713 g/mol. The average molecular weight is 747 g/mol. The second-order valence-electron chi connectivity index (χ2n) is 13.0. The second-order valence-corrected chi connectivity index (χ2v) is 15.0. The lowest BCUT2D eigenvalue weighted by atomic mass is 9.80. The van der Waals surface area contributed by atoms with Crippen molar-refractivity contribution in [3.05, 3.63) is 136 Å². The quantitative estimate of drug-likeness (QED) is 0.0709. The summed E-state index contributed by atoms with van der Waals surface area (Å²) >= 11 is 2.42. The minimum atomic E-state index is -1.29. The van der Waals surface area contributed by atoms with E-state index in [1.165, 1.54) is 21.6 Å². The molecule has 1 aliphatic carbocycles. The molecule has 12 nitrogen and oxygen atoms in total. The highest BCUT2D eigenvalue weighted by Crippen LogP contribution is 2.45. The maximum absolute atomic E-state index is 14.2. The van der Waals surface area contributed by atoms with Gasteiger partial charge in [0.1, 0.15) is 29.1 Å². The predicted molar refractivity (Wildman–Crippen MR) is 202 cm³/mol. The lowest BCUT2D eigenvalue weighted by molar-refractivity contribution is -0.148. The number of allylic oxidation sites excluding steroid dienone is 1. The van der Waals surface area contributed by atoms with E-state index < -0.39 is 34.8 Å². The molecule has 3 aromatic carbocycles. The fourth-order valence-corrected chi connectivity index (χ4v) is 9.11. The first kappa shape index (κ1) is 34.4. The largest absolute Gasteiger partial charge is 0.477 e. The van der Waals surface area contributed by atoms with E-state index in [2.05, 4.69) is 10.1 Å². The van der Waals surface area contributed by atoms with Crippen molar-refractivity contribution in [3.8, 4) is 0 Å². The Bertz CT molecular complexity index is 2070. The summed E-state index contributed by atoms with van der Waals surface area (Å²) in [5.41, 5.74) is 7.78.